The maximum Gasteiger partial charge on any atom is 0.307 e. The summed E-state index contributed by atoms with van der Waals surface area (Å²) >= 11 is 0. The molecule has 0 fully saturated rings. The van der Waals surface area contributed by atoms with Crippen LogP contribution in [0.25, 0.3) is 0 Å². The van der Waals surface area contributed by atoms with Gasteiger partial charge in [-0.2, -0.15) is 0 Å². The van der Waals surface area contributed by atoms with E-state index in [9.17, 15) is 4.79 Å². The second kappa shape index (κ2) is 8.95. The molecule has 0 rings (SSSR count). The van der Waals surface area contributed by atoms with Gasteiger partial charge in [-0.25, -0.2) is 0 Å². The van der Waals surface area contributed by atoms with Crippen LogP contribution in [0.4, 0.5) is 0 Å². The maximum atomic E-state index is 9.75. The molecular weight excluding hydrogens is 140 g/mol. The summed E-state index contributed by atoms with van der Waals surface area (Å²) in [6, 6.07) is 0. The van der Waals surface area contributed by atoms with E-state index in [-0.39, 0.29) is 5.97 Å². The Hall–Kier alpha value is -1.05. The van der Waals surface area contributed by atoms with Crippen LogP contribution in [-0.4, -0.2) is 5.97 Å². The minimum absolute atomic E-state index is 0.329. The molecule has 2 heteroatoms. The molecule has 0 amide bonds. The monoisotopic (exact) mass is 156 g/mol. The van der Waals surface area contributed by atoms with Gasteiger partial charge in [-0.1, -0.05) is 18.2 Å². The lowest BCUT2D eigenvalue weighted by atomic mass is 10.3. The van der Waals surface area contributed by atoms with Crippen molar-refractivity contribution in [2.75, 3.05) is 0 Å². The van der Waals surface area contributed by atoms with Gasteiger partial charge in [0.25, 0.3) is 0 Å². The van der Waals surface area contributed by atoms with E-state index in [1.54, 1.807) is 0 Å². The Kier molecular flexibility index (Phi) is 10.3. The molecule has 0 bridgehead atoms. The first-order valence-electron chi connectivity index (χ1n) is 3.42. The van der Waals surface area contributed by atoms with Crippen molar-refractivity contribution in [2.45, 2.75) is 27.7 Å². The molecule has 0 aliphatic rings. The van der Waals surface area contributed by atoms with E-state index >= 15 is 0 Å². The molecule has 0 atom stereocenters. The van der Waals surface area contributed by atoms with E-state index in [1.807, 2.05) is 6.92 Å². The van der Waals surface area contributed by atoms with E-state index in [4.69, 9.17) is 0 Å². The van der Waals surface area contributed by atoms with Gasteiger partial charge in [0.2, 0.25) is 0 Å². The minimum Gasteiger partial charge on any atom is -0.435 e. The summed E-state index contributed by atoms with van der Waals surface area (Å²) in [6.45, 7) is 10.7. The Bertz CT molecular complexity index is 142. The number of rotatable bonds is 1. The second-order valence-electron chi connectivity index (χ2n) is 2.14. The summed E-state index contributed by atoms with van der Waals surface area (Å²) < 4.78 is 4.17. The summed E-state index contributed by atoms with van der Waals surface area (Å²) in [5.41, 5.74) is 1.38. The lowest BCUT2D eigenvalue weighted by molar-refractivity contribution is -0.135. The van der Waals surface area contributed by atoms with Crippen LogP contribution in [0.2, 0.25) is 0 Å². The second-order valence-corrected chi connectivity index (χ2v) is 2.14. The van der Waals surface area contributed by atoms with Crippen molar-refractivity contribution < 1.29 is 9.53 Å². The average Bonchev–Trinajstić information content (AvgIpc) is 1.89. The Morgan fingerprint density at radius 3 is 1.73 bits per heavy atom. The molecule has 0 saturated carbocycles. The van der Waals surface area contributed by atoms with Gasteiger partial charge in [0, 0.05) is 6.92 Å². The number of ether oxygens (including phenoxy) is 1. The fourth-order valence-electron chi connectivity index (χ4n) is 0.117. The fourth-order valence-corrected chi connectivity index (χ4v) is 0.117. The van der Waals surface area contributed by atoms with Crippen molar-refractivity contribution in [2.24, 2.45) is 0 Å². The first-order valence-corrected chi connectivity index (χ1v) is 3.42. The molecule has 0 spiro atoms. The summed E-state index contributed by atoms with van der Waals surface area (Å²) in [5.74, 6) is -0.329. The molecule has 0 saturated heterocycles. The highest BCUT2D eigenvalue weighted by atomic mass is 16.5. The van der Waals surface area contributed by atoms with Gasteiger partial charge >= 0.3 is 5.97 Å². The topological polar surface area (TPSA) is 26.3 Å². The molecule has 0 aliphatic heterocycles. The molecule has 0 N–H and O–H groups in total. The third-order valence-electron chi connectivity index (χ3n) is 0.827. The maximum absolute atomic E-state index is 9.75. The Morgan fingerprint density at radius 1 is 1.36 bits per heavy atom. The first kappa shape index (κ1) is 12.6. The van der Waals surface area contributed by atoms with Gasteiger partial charge in [-0.15, -0.1) is 0 Å². The van der Waals surface area contributed by atoms with Crippen LogP contribution in [0.1, 0.15) is 27.7 Å². The molecule has 11 heavy (non-hydrogen) atoms. The zero-order valence-electron chi connectivity index (χ0n) is 7.68. The van der Waals surface area contributed by atoms with E-state index in [0.29, 0.717) is 0 Å². The van der Waals surface area contributed by atoms with E-state index in [0.717, 1.165) is 6.26 Å². The first-order chi connectivity index (χ1) is 5.04. The van der Waals surface area contributed by atoms with Crippen LogP contribution in [0, 0.1) is 0 Å². The molecule has 0 aromatic heterocycles. The Morgan fingerprint density at radius 2 is 1.73 bits per heavy atom. The van der Waals surface area contributed by atoms with Crippen molar-refractivity contribution in [1.82, 2.24) is 0 Å². The standard InChI is InChI=1S/C5H10.C4H6O2/c1-4-5(2)3;1-3-6-4(2)5/h4H,1-3H3;3H,1H2,2H3. The smallest absolute Gasteiger partial charge is 0.307 e. The van der Waals surface area contributed by atoms with Gasteiger partial charge in [0.05, 0.1) is 6.26 Å². The Labute approximate surface area is 68.6 Å². The van der Waals surface area contributed by atoms with Gasteiger partial charge < -0.3 is 4.74 Å². The predicted molar refractivity (Wildman–Crippen MR) is 47.1 cm³/mol. The van der Waals surface area contributed by atoms with E-state index in [1.165, 1.54) is 12.5 Å². The highest BCUT2D eigenvalue weighted by molar-refractivity contribution is 5.66. The molecule has 0 aromatic rings. The van der Waals surface area contributed by atoms with Gasteiger partial charge in [-0.3, -0.25) is 4.79 Å². The van der Waals surface area contributed by atoms with Crippen LogP contribution in [0.3, 0.4) is 0 Å². The summed E-state index contributed by atoms with van der Waals surface area (Å²) in [4.78, 5) is 9.75. The van der Waals surface area contributed by atoms with Crippen molar-refractivity contribution >= 4 is 5.97 Å². The van der Waals surface area contributed by atoms with E-state index < -0.39 is 0 Å². The fraction of sp³-hybridized carbons (Fsp3) is 0.444. The largest absolute Gasteiger partial charge is 0.435 e. The third-order valence-corrected chi connectivity index (χ3v) is 0.827. The number of hydrogen-bond donors (Lipinski definition) is 0. The minimum atomic E-state index is -0.329. The van der Waals surface area contributed by atoms with Crippen molar-refractivity contribution in [1.29, 1.82) is 0 Å². The molecule has 0 aromatic carbocycles. The normalized spacial score (nSPS) is 6.91. The summed E-state index contributed by atoms with van der Waals surface area (Å²) in [5, 5.41) is 0. The van der Waals surface area contributed by atoms with Crippen LogP contribution < -0.4 is 0 Å². The van der Waals surface area contributed by atoms with E-state index in [2.05, 4.69) is 31.2 Å². The summed E-state index contributed by atoms with van der Waals surface area (Å²) in [6.07, 6.45) is 3.18. The lowest BCUT2D eigenvalue weighted by Gasteiger charge is -1.83. The van der Waals surface area contributed by atoms with Crippen LogP contribution in [-0.2, 0) is 9.53 Å². The lowest BCUT2D eigenvalue weighted by Crippen LogP contribution is -1.87. The van der Waals surface area contributed by atoms with Crippen molar-refractivity contribution in [3.05, 3.63) is 24.5 Å². The third kappa shape index (κ3) is 27.7. The quantitative estimate of drug-likeness (QED) is 0.331. The number of carbonyl (C=O) groups excluding carboxylic acids is 1. The Balaban J connectivity index is 0. The molecular formula is C9H16O2. The average molecular weight is 156 g/mol. The van der Waals surface area contributed by atoms with Crippen LogP contribution >= 0.6 is 0 Å². The number of carbonyl (C=O) groups is 1. The molecule has 0 aliphatic carbocycles. The highest BCUT2D eigenvalue weighted by Crippen LogP contribution is 1.82. The van der Waals surface area contributed by atoms with Crippen molar-refractivity contribution in [3.8, 4) is 0 Å². The van der Waals surface area contributed by atoms with Crippen molar-refractivity contribution in [3.63, 3.8) is 0 Å². The molecule has 0 radical (unpaired) electrons. The highest BCUT2D eigenvalue weighted by Gasteiger charge is 1.79. The van der Waals surface area contributed by atoms with Crippen LogP contribution in [0.5, 0.6) is 0 Å². The molecule has 2 nitrogen and oxygen atoms in total. The number of esters is 1. The number of hydrogen-bond acceptors (Lipinski definition) is 2. The van der Waals surface area contributed by atoms with Gasteiger partial charge in [-0.05, 0) is 20.8 Å². The molecule has 64 valence electrons. The molecule has 0 unspecified atom stereocenters. The summed E-state index contributed by atoms with van der Waals surface area (Å²) in [7, 11) is 0. The zero-order chi connectivity index (χ0) is 9.28. The van der Waals surface area contributed by atoms with Crippen LogP contribution in [0.15, 0.2) is 24.5 Å². The predicted octanol–water partition coefficient (Wildman–Crippen LogP) is 2.67. The zero-order valence-corrected chi connectivity index (χ0v) is 7.68. The SMILES string of the molecule is C=COC(C)=O.CC=C(C)C. The molecule has 0 heterocycles. The van der Waals surface area contributed by atoms with Gasteiger partial charge in [0.15, 0.2) is 0 Å². The number of allylic oxidation sites excluding steroid dienone is 2. The van der Waals surface area contributed by atoms with Gasteiger partial charge in [0.1, 0.15) is 0 Å².